The van der Waals surface area contributed by atoms with Crippen LogP contribution in [0.2, 0.25) is 0 Å². The molecule has 0 aliphatic rings. The fourth-order valence-electron chi connectivity index (χ4n) is 3.39. The van der Waals surface area contributed by atoms with Gasteiger partial charge in [0.25, 0.3) is 0 Å². The molecule has 0 bridgehead atoms. The van der Waals surface area contributed by atoms with E-state index < -0.39 is 5.63 Å². The van der Waals surface area contributed by atoms with E-state index in [1.165, 1.54) is 10.9 Å². The number of aryl methyl sites for hydroxylation is 1. The number of nitrogens with zero attached hydrogens (tertiary/aromatic N) is 4. The minimum atomic E-state index is -0.487. The number of anilines is 1. The lowest BCUT2D eigenvalue weighted by Gasteiger charge is -2.22. The van der Waals surface area contributed by atoms with E-state index in [0.29, 0.717) is 22.2 Å². The summed E-state index contributed by atoms with van der Waals surface area (Å²) in [5, 5.41) is 14.3. The summed E-state index contributed by atoms with van der Waals surface area (Å²) in [4.78, 5) is 27.0. The van der Waals surface area contributed by atoms with Gasteiger partial charge in [-0.05, 0) is 31.2 Å². The number of amides is 1. The Bertz CT molecular complexity index is 1300. The molecule has 0 fully saturated rings. The molecule has 1 amide bonds. The van der Waals surface area contributed by atoms with Gasteiger partial charge in [0.1, 0.15) is 17.5 Å². The average molecular weight is 386 g/mol. The van der Waals surface area contributed by atoms with Crippen molar-refractivity contribution in [3.05, 3.63) is 70.7 Å². The maximum Gasteiger partial charge on any atom is 0.347 e. The van der Waals surface area contributed by atoms with Gasteiger partial charge in [-0.2, -0.15) is 10.4 Å². The Morgan fingerprint density at radius 1 is 1.21 bits per heavy atom. The summed E-state index contributed by atoms with van der Waals surface area (Å²) in [5.74, 6) is -0.217. The zero-order chi connectivity index (χ0) is 20.4. The molecule has 0 aliphatic carbocycles. The van der Waals surface area contributed by atoms with E-state index in [4.69, 9.17) is 9.68 Å². The quantitative estimate of drug-likeness (QED) is 0.490. The number of carbonyl (C=O) groups excluding carboxylic acids is 1. The molecule has 0 saturated heterocycles. The lowest BCUT2D eigenvalue weighted by Crippen LogP contribution is -2.35. The third-order valence-electron chi connectivity index (χ3n) is 4.75. The Labute approximate surface area is 166 Å². The van der Waals surface area contributed by atoms with Crippen LogP contribution >= 0.6 is 0 Å². The molecular formula is C22H18N4O3. The fourth-order valence-corrected chi connectivity index (χ4v) is 3.39. The summed E-state index contributed by atoms with van der Waals surface area (Å²) in [7, 11) is 0. The van der Waals surface area contributed by atoms with Crippen LogP contribution in [0.1, 0.15) is 12.0 Å². The highest BCUT2D eigenvalue weighted by atomic mass is 16.4. The molecular weight excluding hydrogens is 368 g/mol. The van der Waals surface area contributed by atoms with E-state index in [2.05, 4.69) is 11.2 Å². The minimum absolute atomic E-state index is 0.0592. The number of para-hydroxylation sites is 1. The van der Waals surface area contributed by atoms with Crippen molar-refractivity contribution in [3.8, 4) is 6.07 Å². The SMILES string of the molecule is Cc1ccc2oc(=O)c3cnn(CC(=O)N(CCC#N)c4ccccc4)c3c2c1. The Morgan fingerprint density at radius 2 is 2.00 bits per heavy atom. The van der Waals surface area contributed by atoms with Crippen LogP contribution in [0.3, 0.4) is 0 Å². The summed E-state index contributed by atoms with van der Waals surface area (Å²) < 4.78 is 6.90. The second-order valence-corrected chi connectivity index (χ2v) is 6.74. The Hall–Kier alpha value is -3.92. The van der Waals surface area contributed by atoms with Crippen molar-refractivity contribution < 1.29 is 9.21 Å². The van der Waals surface area contributed by atoms with Crippen LogP contribution in [0, 0.1) is 18.3 Å². The van der Waals surface area contributed by atoms with Gasteiger partial charge in [0.05, 0.1) is 24.2 Å². The van der Waals surface area contributed by atoms with Crippen LogP contribution in [0.4, 0.5) is 5.69 Å². The van der Waals surface area contributed by atoms with E-state index in [0.717, 1.165) is 10.9 Å². The molecule has 4 aromatic rings. The molecule has 4 rings (SSSR count). The first-order valence-electron chi connectivity index (χ1n) is 9.20. The summed E-state index contributed by atoms with van der Waals surface area (Å²) in [5.41, 5.74) is 2.25. The van der Waals surface area contributed by atoms with Gasteiger partial charge in [-0.25, -0.2) is 4.79 Å². The third-order valence-corrected chi connectivity index (χ3v) is 4.75. The summed E-state index contributed by atoms with van der Waals surface area (Å²) in [6.07, 6.45) is 1.64. The zero-order valence-corrected chi connectivity index (χ0v) is 15.8. The second-order valence-electron chi connectivity index (χ2n) is 6.74. The van der Waals surface area contributed by atoms with E-state index in [-0.39, 0.29) is 25.4 Å². The first kappa shape index (κ1) is 18.4. The highest BCUT2D eigenvalue weighted by Crippen LogP contribution is 2.24. The average Bonchev–Trinajstić information content (AvgIpc) is 3.14. The fraction of sp³-hybridized carbons (Fsp3) is 0.182. The van der Waals surface area contributed by atoms with Crippen LogP contribution in [-0.2, 0) is 11.3 Å². The largest absolute Gasteiger partial charge is 0.422 e. The van der Waals surface area contributed by atoms with Crippen molar-refractivity contribution in [2.75, 3.05) is 11.4 Å². The standard InChI is InChI=1S/C22H18N4O3/c1-15-8-9-19-17(12-15)21-18(22(28)29-19)13-24-26(21)14-20(27)25(11-5-10-23)16-6-3-2-4-7-16/h2-4,6-9,12-13H,5,11,14H2,1H3. The monoisotopic (exact) mass is 386 g/mol. The highest BCUT2D eigenvalue weighted by molar-refractivity contribution is 6.03. The van der Waals surface area contributed by atoms with Crippen molar-refractivity contribution in [3.63, 3.8) is 0 Å². The number of nitriles is 1. The van der Waals surface area contributed by atoms with Crippen LogP contribution in [0.15, 0.2) is 63.9 Å². The van der Waals surface area contributed by atoms with Crippen LogP contribution < -0.4 is 10.5 Å². The van der Waals surface area contributed by atoms with Gasteiger partial charge in [-0.1, -0.05) is 29.8 Å². The van der Waals surface area contributed by atoms with Gasteiger partial charge in [0.2, 0.25) is 5.91 Å². The van der Waals surface area contributed by atoms with Gasteiger partial charge in [-0.3, -0.25) is 9.48 Å². The normalized spacial score (nSPS) is 10.9. The summed E-state index contributed by atoms with van der Waals surface area (Å²) in [6.45, 7) is 2.16. The second kappa shape index (κ2) is 7.60. The van der Waals surface area contributed by atoms with E-state index in [9.17, 15) is 9.59 Å². The van der Waals surface area contributed by atoms with Gasteiger partial charge >= 0.3 is 5.63 Å². The first-order valence-corrected chi connectivity index (χ1v) is 9.20. The van der Waals surface area contributed by atoms with Crippen LogP contribution in [0.25, 0.3) is 21.9 Å². The molecule has 144 valence electrons. The molecule has 0 N–H and O–H groups in total. The number of aromatic nitrogens is 2. The van der Waals surface area contributed by atoms with Crippen molar-refractivity contribution in [1.82, 2.24) is 9.78 Å². The predicted octanol–water partition coefficient (Wildman–Crippen LogP) is 3.40. The Kier molecular flexibility index (Phi) is 4.83. The molecule has 2 aromatic heterocycles. The summed E-state index contributed by atoms with van der Waals surface area (Å²) >= 11 is 0. The number of rotatable bonds is 5. The summed E-state index contributed by atoms with van der Waals surface area (Å²) in [6, 6.07) is 16.8. The lowest BCUT2D eigenvalue weighted by molar-refractivity contribution is -0.119. The first-order chi connectivity index (χ1) is 14.1. The molecule has 2 aromatic carbocycles. The number of benzene rings is 2. The maximum atomic E-state index is 13.1. The number of hydrogen-bond acceptors (Lipinski definition) is 5. The smallest absolute Gasteiger partial charge is 0.347 e. The number of carbonyl (C=O) groups is 1. The van der Waals surface area contributed by atoms with Gasteiger partial charge < -0.3 is 9.32 Å². The van der Waals surface area contributed by atoms with Crippen molar-refractivity contribution in [2.24, 2.45) is 0 Å². The van der Waals surface area contributed by atoms with Gasteiger partial charge in [0.15, 0.2) is 0 Å². The van der Waals surface area contributed by atoms with Crippen molar-refractivity contribution in [2.45, 2.75) is 19.9 Å². The molecule has 0 atom stereocenters. The topological polar surface area (TPSA) is 92.1 Å². The minimum Gasteiger partial charge on any atom is -0.422 e. The Balaban J connectivity index is 1.78. The predicted molar refractivity (Wildman–Crippen MR) is 110 cm³/mol. The third kappa shape index (κ3) is 3.48. The van der Waals surface area contributed by atoms with Gasteiger partial charge in [-0.15, -0.1) is 0 Å². The number of hydrogen-bond donors (Lipinski definition) is 0. The highest BCUT2D eigenvalue weighted by Gasteiger charge is 2.20. The van der Waals surface area contributed by atoms with E-state index in [1.807, 2.05) is 49.4 Å². The Morgan fingerprint density at radius 3 is 2.76 bits per heavy atom. The molecule has 0 spiro atoms. The lowest BCUT2D eigenvalue weighted by atomic mass is 10.1. The zero-order valence-electron chi connectivity index (χ0n) is 15.8. The molecule has 0 unspecified atom stereocenters. The van der Waals surface area contributed by atoms with E-state index in [1.54, 1.807) is 11.0 Å². The van der Waals surface area contributed by atoms with Gasteiger partial charge in [0, 0.05) is 17.6 Å². The van der Waals surface area contributed by atoms with Crippen molar-refractivity contribution >= 4 is 33.5 Å². The molecule has 7 nitrogen and oxygen atoms in total. The molecule has 0 aliphatic heterocycles. The van der Waals surface area contributed by atoms with Crippen LogP contribution in [-0.4, -0.2) is 22.2 Å². The van der Waals surface area contributed by atoms with Crippen LogP contribution in [0.5, 0.6) is 0 Å². The maximum absolute atomic E-state index is 13.1. The number of fused-ring (bicyclic) bond motifs is 3. The molecule has 0 saturated carbocycles. The van der Waals surface area contributed by atoms with E-state index >= 15 is 0 Å². The van der Waals surface area contributed by atoms with Crippen molar-refractivity contribution in [1.29, 1.82) is 5.26 Å². The molecule has 0 radical (unpaired) electrons. The molecule has 7 heteroatoms. The molecule has 29 heavy (non-hydrogen) atoms. The molecule has 2 heterocycles.